The molecule has 10 heteroatoms. The van der Waals surface area contributed by atoms with Crippen LogP contribution in [0, 0.1) is 0 Å². The number of aromatic nitrogens is 1. The molecule has 0 unspecified atom stereocenters. The maximum Gasteiger partial charge on any atom is 0.291 e. The second kappa shape index (κ2) is 10.3. The first kappa shape index (κ1) is 25.5. The fourth-order valence-corrected chi connectivity index (χ4v) is 4.99. The highest BCUT2D eigenvalue weighted by molar-refractivity contribution is 6.36. The molecule has 1 fully saturated rings. The van der Waals surface area contributed by atoms with Crippen molar-refractivity contribution < 1.29 is 14.0 Å². The zero-order chi connectivity index (χ0) is 26.3. The molecule has 0 aliphatic carbocycles. The van der Waals surface area contributed by atoms with Crippen LogP contribution in [0.15, 0.2) is 52.9 Å². The summed E-state index contributed by atoms with van der Waals surface area (Å²) in [7, 11) is 2.01. The average Bonchev–Trinajstić information content (AvgIpc) is 3.20. The number of pyridine rings is 1. The smallest absolute Gasteiger partial charge is 0.291 e. The summed E-state index contributed by atoms with van der Waals surface area (Å²) in [6, 6.07) is 14.3. The number of amides is 2. The number of halogens is 3. The monoisotopic (exact) mass is 556 g/mol. The molecule has 0 bridgehead atoms. The molecule has 1 saturated heterocycles. The molecule has 0 saturated carbocycles. The van der Waals surface area contributed by atoms with Crippen molar-refractivity contribution in [1.82, 2.24) is 14.8 Å². The van der Waals surface area contributed by atoms with Gasteiger partial charge in [0.2, 0.25) is 17.4 Å². The Bertz CT molecular complexity index is 1510. The van der Waals surface area contributed by atoms with E-state index in [4.69, 9.17) is 44.2 Å². The van der Waals surface area contributed by atoms with E-state index in [0.717, 1.165) is 24.2 Å². The Morgan fingerprint density at radius 3 is 2.24 bits per heavy atom. The first-order valence-corrected chi connectivity index (χ1v) is 12.8. The van der Waals surface area contributed by atoms with E-state index in [-0.39, 0.29) is 23.3 Å². The lowest BCUT2D eigenvalue weighted by atomic mass is 9.98. The second-order valence-corrected chi connectivity index (χ2v) is 10.2. The van der Waals surface area contributed by atoms with E-state index >= 15 is 0 Å². The number of carbonyl (C=O) groups is 2. The Kier molecular flexibility index (Phi) is 7.14. The van der Waals surface area contributed by atoms with Crippen LogP contribution in [0.1, 0.15) is 17.5 Å². The molecule has 0 atom stereocenters. The number of hydrogen-bond acceptors (Lipinski definition) is 5. The van der Waals surface area contributed by atoms with E-state index < -0.39 is 0 Å². The van der Waals surface area contributed by atoms with Crippen LogP contribution in [0.4, 0.5) is 5.69 Å². The van der Waals surface area contributed by atoms with Crippen molar-refractivity contribution in [3.05, 3.63) is 69.4 Å². The van der Waals surface area contributed by atoms with Gasteiger partial charge in [-0.3, -0.25) is 9.59 Å². The zero-order valence-corrected chi connectivity index (χ0v) is 22.4. The van der Waals surface area contributed by atoms with Crippen molar-refractivity contribution in [3.63, 3.8) is 0 Å². The van der Waals surface area contributed by atoms with E-state index in [1.807, 2.05) is 25.2 Å². The number of nitrogens with zero attached hydrogens (tertiary/aromatic N) is 3. The molecule has 3 heterocycles. The van der Waals surface area contributed by atoms with Crippen molar-refractivity contribution in [2.24, 2.45) is 0 Å². The fraction of sp³-hybridized carbons (Fsp3) is 0.222. The molecule has 0 spiro atoms. The summed E-state index contributed by atoms with van der Waals surface area (Å²) in [5.74, 6) is -0.578. The minimum absolute atomic E-state index is 0.0451. The predicted octanol–water partition coefficient (Wildman–Crippen LogP) is 6.47. The molecule has 1 aliphatic rings. The van der Waals surface area contributed by atoms with Crippen molar-refractivity contribution >= 4 is 63.4 Å². The van der Waals surface area contributed by atoms with Crippen LogP contribution < -0.4 is 5.32 Å². The quantitative estimate of drug-likeness (QED) is 0.311. The van der Waals surface area contributed by atoms with Crippen molar-refractivity contribution in [1.29, 1.82) is 0 Å². The summed E-state index contributed by atoms with van der Waals surface area (Å²) in [6.07, 6.45) is 0. The lowest BCUT2D eigenvalue weighted by Crippen LogP contribution is -2.47. The number of rotatable bonds is 4. The highest BCUT2D eigenvalue weighted by atomic mass is 35.5. The van der Waals surface area contributed by atoms with Gasteiger partial charge in [-0.25, -0.2) is 4.98 Å². The summed E-state index contributed by atoms with van der Waals surface area (Å²) >= 11 is 18.8. The second-order valence-electron chi connectivity index (χ2n) is 8.95. The van der Waals surface area contributed by atoms with Gasteiger partial charge in [-0.05, 0) is 49.0 Å². The molecule has 4 aromatic rings. The lowest BCUT2D eigenvalue weighted by Gasteiger charge is -2.31. The van der Waals surface area contributed by atoms with Gasteiger partial charge < -0.3 is 19.5 Å². The van der Waals surface area contributed by atoms with Gasteiger partial charge in [0, 0.05) is 54.3 Å². The minimum Gasteiger partial charge on any atom is -0.430 e. The molecule has 0 radical (unpaired) electrons. The zero-order valence-electron chi connectivity index (χ0n) is 20.1. The minimum atomic E-state index is -0.326. The molecular formula is C27H23Cl3N4O3. The van der Waals surface area contributed by atoms with Gasteiger partial charge in [0.15, 0.2) is 0 Å². The van der Waals surface area contributed by atoms with E-state index in [2.05, 4.69) is 10.2 Å². The van der Waals surface area contributed by atoms with Crippen LogP contribution in [0.2, 0.25) is 15.1 Å². The van der Waals surface area contributed by atoms with Gasteiger partial charge in [0.05, 0.1) is 16.1 Å². The summed E-state index contributed by atoms with van der Waals surface area (Å²) in [5.41, 5.74) is 3.23. The number of furan rings is 1. The van der Waals surface area contributed by atoms with Gasteiger partial charge >= 0.3 is 0 Å². The lowest BCUT2D eigenvalue weighted by molar-refractivity contribution is -0.114. The summed E-state index contributed by atoms with van der Waals surface area (Å²) in [6.45, 7) is 4.00. The SMILES string of the molecule is CC(=O)Nc1c(C(=O)N2CCN(C)CC2)oc2nc(-c3ccc(Cl)cc3Cl)c(-c3ccc(Cl)cc3)cc12. The van der Waals surface area contributed by atoms with E-state index in [1.54, 1.807) is 35.2 Å². The molecule has 2 aromatic carbocycles. The number of carbonyl (C=O) groups excluding carboxylic acids is 2. The van der Waals surface area contributed by atoms with Crippen LogP contribution in [0.5, 0.6) is 0 Å². The number of piperazine rings is 1. The van der Waals surface area contributed by atoms with Gasteiger partial charge in [0.25, 0.3) is 5.91 Å². The Balaban J connectivity index is 1.73. The van der Waals surface area contributed by atoms with Crippen LogP contribution in [0.25, 0.3) is 33.5 Å². The highest BCUT2D eigenvalue weighted by Crippen LogP contribution is 2.41. The molecule has 1 aliphatic heterocycles. The van der Waals surface area contributed by atoms with Gasteiger partial charge in [-0.1, -0.05) is 46.9 Å². The first-order valence-electron chi connectivity index (χ1n) is 11.7. The van der Waals surface area contributed by atoms with Gasteiger partial charge in [-0.15, -0.1) is 0 Å². The summed E-state index contributed by atoms with van der Waals surface area (Å²) in [5, 5.41) is 4.80. The van der Waals surface area contributed by atoms with Crippen LogP contribution in [-0.4, -0.2) is 59.8 Å². The van der Waals surface area contributed by atoms with Crippen LogP contribution in [-0.2, 0) is 4.79 Å². The van der Waals surface area contributed by atoms with Crippen molar-refractivity contribution in [2.45, 2.75) is 6.92 Å². The van der Waals surface area contributed by atoms with Gasteiger partial charge in [-0.2, -0.15) is 0 Å². The number of nitrogens with one attached hydrogen (secondary N) is 1. The Morgan fingerprint density at radius 2 is 1.59 bits per heavy atom. The third-order valence-electron chi connectivity index (χ3n) is 6.31. The Morgan fingerprint density at radius 1 is 0.919 bits per heavy atom. The third kappa shape index (κ3) is 5.18. The Labute approximate surface area is 228 Å². The average molecular weight is 558 g/mol. The standard InChI is InChI=1S/C27H23Cl3N4O3/c1-15(35)31-24-21-14-20(16-3-5-17(28)6-4-16)23(19-8-7-18(29)13-22(19)30)32-26(21)37-25(24)27(36)34-11-9-33(2)10-12-34/h3-8,13-14H,9-12H2,1-2H3,(H,31,35). The fourth-order valence-electron chi connectivity index (χ4n) is 4.36. The number of hydrogen-bond donors (Lipinski definition) is 1. The summed E-state index contributed by atoms with van der Waals surface area (Å²) < 4.78 is 6.06. The van der Waals surface area contributed by atoms with Crippen LogP contribution >= 0.6 is 34.8 Å². The first-order chi connectivity index (χ1) is 17.7. The maximum atomic E-state index is 13.5. The molecule has 7 nitrogen and oxygen atoms in total. The van der Waals surface area contributed by atoms with Gasteiger partial charge in [0.1, 0.15) is 5.69 Å². The molecule has 2 amide bonds. The molecular weight excluding hydrogens is 535 g/mol. The van der Waals surface area contributed by atoms with Crippen molar-refractivity contribution in [3.8, 4) is 22.4 Å². The molecule has 5 rings (SSSR count). The van der Waals surface area contributed by atoms with E-state index in [9.17, 15) is 9.59 Å². The van der Waals surface area contributed by atoms with E-state index in [0.29, 0.717) is 50.5 Å². The normalized spacial score (nSPS) is 14.2. The van der Waals surface area contributed by atoms with Crippen molar-refractivity contribution in [2.75, 3.05) is 38.5 Å². The van der Waals surface area contributed by atoms with E-state index in [1.165, 1.54) is 6.92 Å². The van der Waals surface area contributed by atoms with Crippen LogP contribution in [0.3, 0.4) is 0 Å². The maximum absolute atomic E-state index is 13.5. The third-order valence-corrected chi connectivity index (χ3v) is 7.11. The molecule has 1 N–H and O–H groups in total. The highest BCUT2D eigenvalue weighted by Gasteiger charge is 2.29. The predicted molar refractivity (Wildman–Crippen MR) is 148 cm³/mol. The summed E-state index contributed by atoms with van der Waals surface area (Å²) in [4.78, 5) is 34.3. The molecule has 190 valence electrons. The number of anilines is 1. The largest absolute Gasteiger partial charge is 0.430 e. The topological polar surface area (TPSA) is 78.7 Å². The Hall–Kier alpha value is -3.10. The molecule has 37 heavy (non-hydrogen) atoms. The number of benzene rings is 2. The molecule has 2 aromatic heterocycles. The number of fused-ring (bicyclic) bond motifs is 1. The number of likely N-dealkylation sites (N-methyl/N-ethyl adjacent to an activating group) is 1.